The first-order valence-electron chi connectivity index (χ1n) is 2.35. The van der Waals surface area contributed by atoms with Crippen molar-refractivity contribution in [3.8, 4) is 5.75 Å². The summed E-state index contributed by atoms with van der Waals surface area (Å²) in [7, 11) is 1.61. The Hall–Kier alpha value is 2.29. The zero-order chi connectivity index (χ0) is 5.82. The molecule has 0 atom stereocenters. The van der Waals surface area contributed by atoms with Crippen LogP contribution in [0.15, 0.2) is 18.2 Å². The van der Waals surface area contributed by atoms with E-state index in [0.29, 0.717) is 0 Å². The molecule has 0 radical (unpaired) electrons. The van der Waals surface area contributed by atoms with Crippen molar-refractivity contribution in [3.63, 3.8) is 0 Å². The molecule has 0 aliphatic heterocycles. The first kappa shape index (κ1) is 14.8. The van der Waals surface area contributed by atoms with Crippen LogP contribution in [0.2, 0.25) is 0 Å². The van der Waals surface area contributed by atoms with E-state index in [1.54, 1.807) is 25.3 Å². The molecule has 0 fully saturated rings. The van der Waals surface area contributed by atoms with Gasteiger partial charge in [0.25, 0.3) is 0 Å². The smallest absolute Gasteiger partial charge is 0.579 e. The van der Waals surface area contributed by atoms with Crippen LogP contribution in [0.25, 0.3) is 0 Å². The molecule has 0 unspecified atom stereocenters. The molecule has 3 heteroatoms. The molecule has 10 heavy (non-hydrogen) atoms. The Morgan fingerprint density at radius 2 is 2.00 bits per heavy atom. The molecular weight excluding hydrogens is 178 g/mol. The van der Waals surface area contributed by atoms with Gasteiger partial charge >= 0.3 is 103 Å². The molecule has 0 aliphatic carbocycles. The Kier molecular flexibility index (Phi) is 13.9. The molecule has 1 aromatic rings. The van der Waals surface area contributed by atoms with Gasteiger partial charge in [-0.2, -0.15) is 0 Å². The zero-order valence-electron chi connectivity index (χ0n) is 6.64. The molecule has 0 bridgehead atoms. The average Bonchev–Trinajstić information content (AvgIpc) is 1.90. The van der Waals surface area contributed by atoms with Crippen LogP contribution in [0.3, 0.4) is 0 Å². The largest absolute Gasteiger partial charge is 1.00 e. The van der Waals surface area contributed by atoms with Gasteiger partial charge in [-0.1, -0.05) is 0 Å². The van der Waals surface area contributed by atoms with E-state index >= 15 is 0 Å². The monoisotopic (exact) mass is 184 g/mol. The molecule has 0 spiro atoms. The number of ether oxygens (including phenoxy) is 1. The van der Waals surface area contributed by atoms with Gasteiger partial charge in [0.15, 0.2) is 0 Å². The second-order valence-electron chi connectivity index (χ2n) is 1.36. The Labute approximate surface area is 147 Å². The summed E-state index contributed by atoms with van der Waals surface area (Å²) in [5, 5.41) is 0. The second-order valence-corrected chi connectivity index (χ2v) is 1.36. The molecule has 0 heterocycles. The normalized spacial score (nSPS) is 6.90. The standard InChI is InChI=1S/C7H6O.2K/c1-8-7-5-3-2-4-6-7;;/h2-3,6H,1H3;;/q-2;2*+1. The summed E-state index contributed by atoms with van der Waals surface area (Å²) >= 11 is 0. The summed E-state index contributed by atoms with van der Waals surface area (Å²) in [5.74, 6) is 0.729. The maximum Gasteiger partial charge on any atom is 1.00 e. The molecular formula is C7H6K2O. The Morgan fingerprint density at radius 1 is 1.30 bits per heavy atom. The molecule has 0 amide bonds. The summed E-state index contributed by atoms with van der Waals surface area (Å²) in [6, 6.07) is 11.0. The predicted octanol–water partition coefficient (Wildman–Crippen LogP) is -4.70. The van der Waals surface area contributed by atoms with Crippen LogP contribution < -0.4 is 108 Å². The first-order valence-corrected chi connectivity index (χ1v) is 2.35. The van der Waals surface area contributed by atoms with Crippen molar-refractivity contribution >= 4 is 0 Å². The molecule has 0 aromatic heterocycles. The number of methoxy groups -OCH3 is 1. The Bertz CT molecular complexity index is 153. The van der Waals surface area contributed by atoms with Gasteiger partial charge < -0.3 is 10.8 Å². The van der Waals surface area contributed by atoms with Gasteiger partial charge in [-0.3, -0.25) is 18.2 Å². The summed E-state index contributed by atoms with van der Waals surface area (Å²) in [4.78, 5) is 0. The molecule has 1 nitrogen and oxygen atoms in total. The number of rotatable bonds is 1. The van der Waals surface area contributed by atoms with Crippen molar-refractivity contribution in [2.24, 2.45) is 0 Å². The maximum atomic E-state index is 4.83. The minimum absolute atomic E-state index is 0. The molecule has 0 aliphatic rings. The van der Waals surface area contributed by atoms with E-state index in [1.807, 2.05) is 0 Å². The number of benzene rings is 1. The third-order valence-corrected chi connectivity index (χ3v) is 0.839. The average molecular weight is 184 g/mol. The molecule has 0 saturated carbocycles. The van der Waals surface area contributed by atoms with Gasteiger partial charge in [0.2, 0.25) is 0 Å². The van der Waals surface area contributed by atoms with Crippen LogP contribution in [0.1, 0.15) is 0 Å². The van der Waals surface area contributed by atoms with Gasteiger partial charge in [-0.25, -0.2) is 6.07 Å². The fourth-order valence-corrected chi connectivity index (χ4v) is 0.455. The molecule has 0 saturated heterocycles. The van der Waals surface area contributed by atoms with E-state index < -0.39 is 0 Å². The van der Waals surface area contributed by atoms with Gasteiger partial charge in [0, 0.05) is 0 Å². The SMILES string of the molecule is COc1[c-]cc[c-]c1.[K+].[K+]. The van der Waals surface area contributed by atoms with Crippen molar-refractivity contribution in [1.82, 2.24) is 0 Å². The minimum atomic E-state index is 0. The van der Waals surface area contributed by atoms with Crippen LogP contribution in [-0.2, 0) is 0 Å². The predicted molar refractivity (Wildman–Crippen MR) is 30.7 cm³/mol. The van der Waals surface area contributed by atoms with Gasteiger partial charge in [-0.15, -0.1) is 5.75 Å². The van der Waals surface area contributed by atoms with E-state index in [9.17, 15) is 0 Å². The third-order valence-electron chi connectivity index (χ3n) is 0.839. The van der Waals surface area contributed by atoms with E-state index in [0.717, 1.165) is 5.75 Å². The van der Waals surface area contributed by atoms with Gasteiger partial charge in [0.1, 0.15) is 0 Å². The zero-order valence-corrected chi connectivity index (χ0v) is 12.9. The minimum Gasteiger partial charge on any atom is -0.579 e. The fourth-order valence-electron chi connectivity index (χ4n) is 0.455. The van der Waals surface area contributed by atoms with Crippen LogP contribution in [-0.4, -0.2) is 7.11 Å². The van der Waals surface area contributed by atoms with Crippen LogP contribution in [0.4, 0.5) is 0 Å². The quantitative estimate of drug-likeness (QED) is 0.315. The molecule has 1 rings (SSSR count). The van der Waals surface area contributed by atoms with Crippen molar-refractivity contribution in [2.75, 3.05) is 7.11 Å². The van der Waals surface area contributed by atoms with Crippen molar-refractivity contribution in [3.05, 3.63) is 30.3 Å². The first-order chi connectivity index (χ1) is 3.93. The van der Waals surface area contributed by atoms with Crippen molar-refractivity contribution < 1.29 is 108 Å². The maximum absolute atomic E-state index is 4.83. The summed E-state index contributed by atoms with van der Waals surface area (Å²) in [6.07, 6.45) is 0. The van der Waals surface area contributed by atoms with E-state index in [1.165, 1.54) is 0 Å². The van der Waals surface area contributed by atoms with Crippen LogP contribution >= 0.6 is 0 Å². The number of hydrogen-bond donors (Lipinski definition) is 0. The molecule has 1 aromatic carbocycles. The Morgan fingerprint density at radius 3 is 2.30 bits per heavy atom. The van der Waals surface area contributed by atoms with Crippen LogP contribution in [0.5, 0.6) is 5.75 Å². The van der Waals surface area contributed by atoms with Gasteiger partial charge in [-0.05, 0) is 0 Å². The van der Waals surface area contributed by atoms with Crippen LogP contribution in [0, 0.1) is 12.1 Å². The third kappa shape index (κ3) is 5.88. The molecule has 0 N–H and O–H groups in total. The van der Waals surface area contributed by atoms with E-state index in [2.05, 4.69) is 12.1 Å². The fraction of sp³-hybridized carbons (Fsp3) is 0.143. The van der Waals surface area contributed by atoms with E-state index in [-0.39, 0.29) is 103 Å². The van der Waals surface area contributed by atoms with E-state index in [4.69, 9.17) is 4.74 Å². The molecule has 42 valence electrons. The van der Waals surface area contributed by atoms with Crippen molar-refractivity contribution in [2.45, 2.75) is 0 Å². The summed E-state index contributed by atoms with van der Waals surface area (Å²) in [5.41, 5.74) is 0. The number of hydrogen-bond acceptors (Lipinski definition) is 1. The van der Waals surface area contributed by atoms with Gasteiger partial charge in [0.05, 0.1) is 7.11 Å². The Balaban J connectivity index is 0. The topological polar surface area (TPSA) is 9.23 Å². The summed E-state index contributed by atoms with van der Waals surface area (Å²) < 4.78 is 4.83. The second kappa shape index (κ2) is 9.38. The van der Waals surface area contributed by atoms with Crippen molar-refractivity contribution in [1.29, 1.82) is 0 Å². The summed E-state index contributed by atoms with van der Waals surface area (Å²) in [6.45, 7) is 0.